The van der Waals surface area contributed by atoms with E-state index in [-0.39, 0.29) is 5.91 Å². The number of ether oxygens (including phenoxy) is 1. The Kier molecular flexibility index (Phi) is 6.26. The van der Waals surface area contributed by atoms with Gasteiger partial charge in [-0.2, -0.15) is 0 Å². The number of benzene rings is 2. The molecule has 0 atom stereocenters. The minimum absolute atomic E-state index is 0.0691. The molecule has 1 N–H and O–H groups in total. The molecule has 1 amide bonds. The topological polar surface area (TPSA) is 64.4 Å². The monoisotopic (exact) mass is 364 g/mol. The molecule has 0 bridgehead atoms. The summed E-state index contributed by atoms with van der Waals surface area (Å²) in [6.45, 7) is 4.80. The molecular formula is C22H24N2O3. The van der Waals surface area contributed by atoms with Crippen LogP contribution in [0.25, 0.3) is 0 Å². The Bertz CT molecular complexity index is 851. The first kappa shape index (κ1) is 18.7. The average Bonchev–Trinajstić information content (AvgIpc) is 3.02. The van der Waals surface area contributed by atoms with E-state index in [2.05, 4.69) is 22.6 Å². The second-order valence-corrected chi connectivity index (χ2v) is 6.46. The molecule has 5 heteroatoms. The third kappa shape index (κ3) is 5.20. The zero-order valence-electron chi connectivity index (χ0n) is 15.7. The molecule has 0 aliphatic heterocycles. The zero-order valence-corrected chi connectivity index (χ0v) is 15.7. The lowest BCUT2D eigenvalue weighted by Gasteiger charge is -2.08. The Hall–Kier alpha value is -3.08. The fourth-order valence-electron chi connectivity index (χ4n) is 2.81. The van der Waals surface area contributed by atoms with Gasteiger partial charge in [0.05, 0.1) is 11.3 Å². The molecule has 0 spiro atoms. The third-order valence-electron chi connectivity index (χ3n) is 4.45. The Labute approximate surface area is 159 Å². The van der Waals surface area contributed by atoms with Crippen LogP contribution in [-0.4, -0.2) is 17.6 Å². The lowest BCUT2D eigenvalue weighted by molar-refractivity contribution is 0.0953. The van der Waals surface area contributed by atoms with Gasteiger partial charge in [-0.15, -0.1) is 0 Å². The van der Waals surface area contributed by atoms with E-state index in [9.17, 15) is 4.79 Å². The number of carbonyl (C=O) groups is 1. The molecule has 0 fully saturated rings. The van der Waals surface area contributed by atoms with Gasteiger partial charge in [-0.25, -0.2) is 0 Å². The Morgan fingerprint density at radius 3 is 2.48 bits per heavy atom. The van der Waals surface area contributed by atoms with Crippen LogP contribution in [0.15, 0.2) is 59.1 Å². The van der Waals surface area contributed by atoms with Crippen LogP contribution in [0.5, 0.6) is 5.75 Å². The van der Waals surface area contributed by atoms with Gasteiger partial charge in [-0.1, -0.05) is 35.5 Å². The Morgan fingerprint density at radius 2 is 1.81 bits per heavy atom. The Balaban J connectivity index is 1.44. The van der Waals surface area contributed by atoms with Crippen LogP contribution in [0, 0.1) is 13.8 Å². The molecular weight excluding hydrogens is 340 g/mol. The van der Waals surface area contributed by atoms with Crippen LogP contribution in [0.1, 0.15) is 39.4 Å². The van der Waals surface area contributed by atoms with Gasteiger partial charge >= 0.3 is 0 Å². The predicted molar refractivity (Wildman–Crippen MR) is 104 cm³/mol. The molecule has 0 aliphatic carbocycles. The molecule has 2 aromatic carbocycles. The van der Waals surface area contributed by atoms with Crippen molar-refractivity contribution in [3.05, 3.63) is 82.7 Å². The number of hydrogen-bond acceptors (Lipinski definition) is 4. The van der Waals surface area contributed by atoms with E-state index in [4.69, 9.17) is 9.26 Å². The van der Waals surface area contributed by atoms with Gasteiger partial charge < -0.3 is 14.6 Å². The summed E-state index contributed by atoms with van der Waals surface area (Å²) in [5.41, 5.74) is 3.69. The minimum Gasteiger partial charge on any atom is -0.489 e. The first-order valence-corrected chi connectivity index (χ1v) is 9.10. The molecule has 27 heavy (non-hydrogen) atoms. The molecule has 0 radical (unpaired) electrons. The summed E-state index contributed by atoms with van der Waals surface area (Å²) in [4.78, 5) is 12.2. The van der Waals surface area contributed by atoms with E-state index in [1.54, 1.807) is 24.3 Å². The van der Waals surface area contributed by atoms with E-state index < -0.39 is 0 Å². The maximum absolute atomic E-state index is 12.2. The smallest absolute Gasteiger partial charge is 0.251 e. The molecule has 0 saturated heterocycles. The standard InChI is InChI=1S/C22H24N2O3/c1-16-21(17(2)27-24-16)15-26-20-12-10-19(11-13-20)22(25)23-14-6-9-18-7-4-3-5-8-18/h3-5,7-8,10-13H,6,9,14-15H2,1-2H3,(H,23,25). The highest BCUT2D eigenvalue weighted by atomic mass is 16.5. The van der Waals surface area contributed by atoms with Crippen molar-refractivity contribution in [3.8, 4) is 5.75 Å². The fourth-order valence-corrected chi connectivity index (χ4v) is 2.81. The van der Waals surface area contributed by atoms with Crippen molar-refractivity contribution in [2.45, 2.75) is 33.3 Å². The summed E-state index contributed by atoms with van der Waals surface area (Å²) < 4.78 is 10.9. The summed E-state index contributed by atoms with van der Waals surface area (Å²) in [5, 5.41) is 6.87. The quantitative estimate of drug-likeness (QED) is 0.608. The molecule has 0 saturated carbocycles. The lowest BCUT2D eigenvalue weighted by Crippen LogP contribution is -2.24. The second kappa shape index (κ2) is 9.03. The highest BCUT2D eigenvalue weighted by molar-refractivity contribution is 5.94. The van der Waals surface area contributed by atoms with Gasteiger partial charge in [0.2, 0.25) is 0 Å². The number of rotatable bonds is 8. The van der Waals surface area contributed by atoms with Crippen molar-refractivity contribution in [1.29, 1.82) is 0 Å². The van der Waals surface area contributed by atoms with Crippen LogP contribution < -0.4 is 10.1 Å². The molecule has 0 unspecified atom stereocenters. The van der Waals surface area contributed by atoms with Crippen molar-refractivity contribution in [3.63, 3.8) is 0 Å². The van der Waals surface area contributed by atoms with Gasteiger partial charge in [-0.3, -0.25) is 4.79 Å². The summed E-state index contributed by atoms with van der Waals surface area (Å²) in [5.74, 6) is 1.40. The van der Waals surface area contributed by atoms with Gasteiger partial charge in [0.1, 0.15) is 18.1 Å². The Morgan fingerprint density at radius 1 is 1.07 bits per heavy atom. The van der Waals surface area contributed by atoms with E-state index in [0.29, 0.717) is 24.5 Å². The van der Waals surface area contributed by atoms with E-state index in [1.165, 1.54) is 5.56 Å². The van der Waals surface area contributed by atoms with Crippen molar-refractivity contribution in [2.24, 2.45) is 0 Å². The number of nitrogens with zero attached hydrogens (tertiary/aromatic N) is 1. The summed E-state index contributed by atoms with van der Waals surface area (Å²) in [7, 11) is 0. The van der Waals surface area contributed by atoms with E-state index in [0.717, 1.165) is 29.9 Å². The van der Waals surface area contributed by atoms with Crippen LogP contribution in [-0.2, 0) is 13.0 Å². The number of hydrogen-bond donors (Lipinski definition) is 1. The van der Waals surface area contributed by atoms with Crippen molar-refractivity contribution in [1.82, 2.24) is 10.5 Å². The van der Waals surface area contributed by atoms with Crippen molar-refractivity contribution < 1.29 is 14.1 Å². The third-order valence-corrected chi connectivity index (χ3v) is 4.45. The normalized spacial score (nSPS) is 10.6. The highest BCUT2D eigenvalue weighted by Crippen LogP contribution is 2.18. The second-order valence-electron chi connectivity index (χ2n) is 6.46. The first-order chi connectivity index (χ1) is 13.1. The predicted octanol–water partition coefficient (Wildman–Crippen LogP) is 4.23. The van der Waals surface area contributed by atoms with Gasteiger partial charge in [0.15, 0.2) is 0 Å². The van der Waals surface area contributed by atoms with Gasteiger partial charge in [0.25, 0.3) is 5.91 Å². The fraction of sp³-hybridized carbons (Fsp3) is 0.273. The van der Waals surface area contributed by atoms with E-state index in [1.807, 2.05) is 32.0 Å². The highest BCUT2D eigenvalue weighted by Gasteiger charge is 2.10. The van der Waals surface area contributed by atoms with Crippen LogP contribution in [0.3, 0.4) is 0 Å². The number of aryl methyl sites for hydroxylation is 3. The van der Waals surface area contributed by atoms with Crippen LogP contribution >= 0.6 is 0 Å². The molecule has 3 rings (SSSR count). The largest absolute Gasteiger partial charge is 0.489 e. The number of nitrogens with one attached hydrogen (secondary N) is 1. The SMILES string of the molecule is Cc1noc(C)c1COc1ccc(C(=O)NCCCc2ccccc2)cc1. The summed E-state index contributed by atoms with van der Waals surface area (Å²) in [6, 6.07) is 17.4. The molecule has 5 nitrogen and oxygen atoms in total. The first-order valence-electron chi connectivity index (χ1n) is 9.10. The zero-order chi connectivity index (χ0) is 19.1. The van der Waals surface area contributed by atoms with Gasteiger partial charge in [0, 0.05) is 12.1 Å². The maximum Gasteiger partial charge on any atom is 0.251 e. The number of aromatic nitrogens is 1. The van der Waals surface area contributed by atoms with Crippen LogP contribution in [0.2, 0.25) is 0 Å². The lowest BCUT2D eigenvalue weighted by atomic mass is 10.1. The van der Waals surface area contributed by atoms with Crippen molar-refractivity contribution >= 4 is 5.91 Å². The number of carbonyl (C=O) groups excluding carboxylic acids is 1. The van der Waals surface area contributed by atoms with Crippen molar-refractivity contribution in [2.75, 3.05) is 6.54 Å². The summed E-state index contributed by atoms with van der Waals surface area (Å²) >= 11 is 0. The van der Waals surface area contributed by atoms with E-state index >= 15 is 0 Å². The minimum atomic E-state index is -0.0691. The average molecular weight is 364 g/mol. The number of amides is 1. The molecule has 140 valence electrons. The van der Waals surface area contributed by atoms with Crippen LogP contribution in [0.4, 0.5) is 0 Å². The molecule has 1 heterocycles. The maximum atomic E-state index is 12.2. The molecule has 3 aromatic rings. The molecule has 1 aromatic heterocycles. The molecule has 0 aliphatic rings. The summed E-state index contributed by atoms with van der Waals surface area (Å²) in [6.07, 6.45) is 1.87. The van der Waals surface area contributed by atoms with Gasteiger partial charge in [-0.05, 0) is 56.5 Å².